The van der Waals surface area contributed by atoms with Gasteiger partial charge in [-0.05, 0) is 95.0 Å². The maximum Gasteiger partial charge on any atom is 0.408 e. The van der Waals surface area contributed by atoms with Gasteiger partial charge >= 0.3 is 12.1 Å². The summed E-state index contributed by atoms with van der Waals surface area (Å²) in [5, 5.41) is 2.76. The molecule has 0 saturated carbocycles. The van der Waals surface area contributed by atoms with Gasteiger partial charge in [0.1, 0.15) is 29.4 Å². The zero-order chi connectivity index (χ0) is 38.9. The van der Waals surface area contributed by atoms with Crippen LogP contribution in [0.5, 0.6) is 5.75 Å². The van der Waals surface area contributed by atoms with Crippen molar-refractivity contribution in [2.24, 2.45) is 0 Å². The molecule has 5 rings (SSSR count). The van der Waals surface area contributed by atoms with Crippen molar-refractivity contribution in [2.75, 3.05) is 19.7 Å². The lowest BCUT2D eigenvalue weighted by atomic mass is 9.95. The summed E-state index contributed by atoms with van der Waals surface area (Å²) in [6, 6.07) is 28.2. The quantitative estimate of drug-likeness (QED) is 0.145. The summed E-state index contributed by atoms with van der Waals surface area (Å²) in [5.41, 5.74) is 3.70. The molecular formula is C45H53FN2O6. The van der Waals surface area contributed by atoms with E-state index in [1.54, 1.807) is 45.9 Å². The summed E-state index contributed by atoms with van der Waals surface area (Å²) in [4.78, 5) is 27.6. The number of esters is 1. The molecule has 2 unspecified atom stereocenters. The molecule has 1 aliphatic rings. The third-order valence-corrected chi connectivity index (χ3v) is 8.61. The van der Waals surface area contributed by atoms with Crippen LogP contribution in [-0.2, 0) is 38.6 Å². The Morgan fingerprint density at radius 1 is 0.907 bits per heavy atom. The number of carbonyl (C=O) groups is 2. The molecule has 1 amide bonds. The minimum Gasteiger partial charge on any atom is -0.489 e. The molecule has 2 atom stereocenters. The van der Waals surface area contributed by atoms with Crippen LogP contribution in [-0.4, -0.2) is 54.0 Å². The maximum absolute atomic E-state index is 16.4. The minimum atomic E-state index is -0.685. The van der Waals surface area contributed by atoms with Crippen molar-refractivity contribution in [2.45, 2.75) is 91.4 Å². The molecule has 0 bridgehead atoms. The van der Waals surface area contributed by atoms with E-state index in [2.05, 4.69) is 40.6 Å². The molecule has 1 saturated heterocycles. The number of nitrogens with zero attached hydrogens (tertiary/aromatic N) is 1. The third-order valence-electron chi connectivity index (χ3n) is 8.61. The van der Waals surface area contributed by atoms with Crippen LogP contribution in [0.15, 0.2) is 97.1 Å². The second kappa shape index (κ2) is 17.9. The number of morpholine rings is 1. The first-order chi connectivity index (χ1) is 25.6. The van der Waals surface area contributed by atoms with Crippen LogP contribution in [0.4, 0.5) is 9.18 Å². The van der Waals surface area contributed by atoms with E-state index in [1.165, 1.54) is 5.56 Å². The van der Waals surface area contributed by atoms with Crippen LogP contribution in [0.1, 0.15) is 82.3 Å². The Labute approximate surface area is 319 Å². The third kappa shape index (κ3) is 12.3. The standard InChI is InChI=1S/C45H53FN2O6/c1-31(47-43(50)54-45(5,6)7)38-17-13-18-39(42(38)46)36-25-33(20-21-37-29-48(22-23-51-37)28-32-14-9-8-10-15-32)24-34(26-36)30-52-40-19-12-11-16-35(40)27-41(49)53-44(2,3)4/h8-21,24-26,31,37H,22-23,27-30H2,1-7H3,(H,47,50)/b21-20+. The van der Waals surface area contributed by atoms with Gasteiger partial charge in [0.25, 0.3) is 0 Å². The van der Waals surface area contributed by atoms with Crippen molar-refractivity contribution in [3.63, 3.8) is 0 Å². The van der Waals surface area contributed by atoms with Crippen LogP contribution in [0, 0.1) is 5.82 Å². The number of halogens is 1. The van der Waals surface area contributed by atoms with Crippen molar-refractivity contribution >= 4 is 18.1 Å². The lowest BCUT2D eigenvalue weighted by Gasteiger charge is -2.31. The number of hydrogen-bond acceptors (Lipinski definition) is 7. The second-order valence-corrected chi connectivity index (χ2v) is 15.7. The fraction of sp³-hybridized carbons (Fsp3) is 0.378. The summed E-state index contributed by atoms with van der Waals surface area (Å²) >= 11 is 0. The fourth-order valence-electron chi connectivity index (χ4n) is 6.26. The Bertz CT molecular complexity index is 1910. The molecule has 4 aromatic carbocycles. The molecule has 1 fully saturated rings. The summed E-state index contributed by atoms with van der Waals surface area (Å²) in [7, 11) is 0. The molecule has 9 heteroatoms. The van der Waals surface area contributed by atoms with Gasteiger partial charge in [-0.3, -0.25) is 9.69 Å². The number of carbonyl (C=O) groups excluding carboxylic acids is 2. The number of nitrogens with one attached hydrogen (secondary N) is 1. The molecule has 54 heavy (non-hydrogen) atoms. The first kappa shape index (κ1) is 40.2. The number of alkyl carbamates (subject to hydrolysis) is 1. The number of para-hydroxylation sites is 1. The Morgan fingerprint density at radius 3 is 2.37 bits per heavy atom. The van der Waals surface area contributed by atoms with Crippen LogP contribution >= 0.6 is 0 Å². The number of hydrogen-bond donors (Lipinski definition) is 1. The van der Waals surface area contributed by atoms with Gasteiger partial charge < -0.3 is 24.3 Å². The summed E-state index contributed by atoms with van der Waals surface area (Å²) in [6.45, 7) is 15.8. The molecule has 1 heterocycles. The van der Waals surface area contributed by atoms with Crippen molar-refractivity contribution in [1.82, 2.24) is 10.2 Å². The number of ether oxygens (including phenoxy) is 4. The molecule has 0 spiro atoms. The van der Waals surface area contributed by atoms with Crippen molar-refractivity contribution in [3.05, 3.63) is 131 Å². The van der Waals surface area contributed by atoms with Crippen molar-refractivity contribution in [1.29, 1.82) is 0 Å². The first-order valence-electron chi connectivity index (χ1n) is 18.5. The zero-order valence-electron chi connectivity index (χ0n) is 32.5. The predicted molar refractivity (Wildman–Crippen MR) is 210 cm³/mol. The largest absolute Gasteiger partial charge is 0.489 e. The Morgan fingerprint density at radius 2 is 1.63 bits per heavy atom. The zero-order valence-corrected chi connectivity index (χ0v) is 32.5. The lowest BCUT2D eigenvalue weighted by molar-refractivity contribution is -0.153. The normalized spacial score (nSPS) is 15.8. The average Bonchev–Trinajstić information content (AvgIpc) is 3.09. The molecule has 286 valence electrons. The number of rotatable bonds is 12. The van der Waals surface area contributed by atoms with Gasteiger partial charge in [0.15, 0.2) is 0 Å². The van der Waals surface area contributed by atoms with Gasteiger partial charge in [-0.1, -0.05) is 78.9 Å². The molecule has 4 aromatic rings. The van der Waals surface area contributed by atoms with E-state index in [4.69, 9.17) is 18.9 Å². The molecular weight excluding hydrogens is 684 g/mol. The second-order valence-electron chi connectivity index (χ2n) is 15.7. The first-order valence-corrected chi connectivity index (χ1v) is 18.5. The van der Waals surface area contributed by atoms with Gasteiger partial charge in [-0.2, -0.15) is 0 Å². The van der Waals surface area contributed by atoms with E-state index >= 15 is 4.39 Å². The topological polar surface area (TPSA) is 86.3 Å². The molecule has 0 aliphatic carbocycles. The summed E-state index contributed by atoms with van der Waals surface area (Å²) in [6.07, 6.45) is 3.39. The van der Waals surface area contributed by atoms with Crippen molar-refractivity contribution in [3.8, 4) is 16.9 Å². The maximum atomic E-state index is 16.4. The Balaban J connectivity index is 1.41. The van der Waals surface area contributed by atoms with Crippen LogP contribution < -0.4 is 10.1 Å². The molecule has 0 radical (unpaired) electrons. The number of amides is 1. The van der Waals surface area contributed by atoms with Gasteiger partial charge in [-0.25, -0.2) is 9.18 Å². The average molecular weight is 737 g/mol. The van der Waals surface area contributed by atoms with Gasteiger partial charge in [0.2, 0.25) is 0 Å². The predicted octanol–water partition coefficient (Wildman–Crippen LogP) is 9.46. The van der Waals surface area contributed by atoms with Crippen LogP contribution in [0.25, 0.3) is 17.2 Å². The van der Waals surface area contributed by atoms with Crippen LogP contribution in [0.2, 0.25) is 0 Å². The van der Waals surface area contributed by atoms with E-state index in [-0.39, 0.29) is 25.1 Å². The minimum absolute atomic E-state index is 0.0671. The molecule has 8 nitrogen and oxygen atoms in total. The summed E-state index contributed by atoms with van der Waals surface area (Å²) < 4.78 is 39.8. The Kier molecular flexibility index (Phi) is 13.3. The van der Waals surface area contributed by atoms with Crippen molar-refractivity contribution < 1.29 is 32.9 Å². The highest BCUT2D eigenvalue weighted by molar-refractivity contribution is 5.74. The Hall–Kier alpha value is -4.99. The van der Waals surface area contributed by atoms with E-state index in [1.807, 2.05) is 75.4 Å². The smallest absolute Gasteiger partial charge is 0.408 e. The summed E-state index contributed by atoms with van der Waals surface area (Å²) in [5.74, 6) is -0.218. The van der Waals surface area contributed by atoms with E-state index in [9.17, 15) is 9.59 Å². The van der Waals surface area contributed by atoms with Gasteiger partial charge in [0, 0.05) is 36.3 Å². The SMILES string of the molecule is CC(NC(=O)OC(C)(C)C)c1cccc(-c2cc(/C=C/C3CN(Cc4ccccc4)CCO3)cc(COc3ccccc3CC(=O)OC(C)(C)C)c2)c1F. The van der Waals surface area contributed by atoms with E-state index in [0.29, 0.717) is 34.6 Å². The van der Waals surface area contributed by atoms with E-state index in [0.717, 1.165) is 30.8 Å². The molecule has 1 N–H and O–H groups in total. The van der Waals surface area contributed by atoms with Gasteiger partial charge in [0.05, 0.1) is 25.2 Å². The fourth-order valence-corrected chi connectivity index (χ4v) is 6.26. The highest BCUT2D eigenvalue weighted by Crippen LogP contribution is 2.31. The highest BCUT2D eigenvalue weighted by Gasteiger charge is 2.23. The molecule has 1 aliphatic heterocycles. The van der Waals surface area contributed by atoms with Crippen LogP contribution in [0.3, 0.4) is 0 Å². The number of benzene rings is 4. The van der Waals surface area contributed by atoms with E-state index < -0.39 is 29.2 Å². The highest BCUT2D eigenvalue weighted by atomic mass is 19.1. The van der Waals surface area contributed by atoms with Gasteiger partial charge in [-0.15, -0.1) is 0 Å². The molecule has 0 aromatic heterocycles. The lowest BCUT2D eigenvalue weighted by Crippen LogP contribution is -2.41. The monoisotopic (exact) mass is 736 g/mol.